The van der Waals surface area contributed by atoms with Gasteiger partial charge in [0.15, 0.2) is 0 Å². The van der Waals surface area contributed by atoms with Crippen molar-refractivity contribution >= 4 is 16.9 Å². The number of para-hydroxylation sites is 1. The number of fused-ring (bicyclic) bond motifs is 1. The van der Waals surface area contributed by atoms with Crippen LogP contribution in [0.5, 0.6) is 0 Å². The second-order valence-electron chi connectivity index (χ2n) is 6.98. The highest BCUT2D eigenvalue weighted by Crippen LogP contribution is 2.12. The molecule has 0 radical (unpaired) electrons. The fourth-order valence-corrected chi connectivity index (χ4v) is 2.45. The Morgan fingerprint density at radius 2 is 1.70 bits per heavy atom. The molecule has 0 bridgehead atoms. The molecule has 0 unspecified atom stereocenters. The van der Waals surface area contributed by atoms with E-state index in [4.69, 9.17) is 0 Å². The molecule has 0 spiro atoms. The van der Waals surface area contributed by atoms with Crippen molar-refractivity contribution in [2.45, 2.75) is 47.1 Å². The first kappa shape index (κ1) is 17.4. The smallest absolute Gasteiger partial charge is 0.244 e. The quantitative estimate of drug-likeness (QED) is 0.750. The summed E-state index contributed by atoms with van der Waals surface area (Å²) in [6.07, 6.45) is 2.06. The molecule has 2 rings (SSSR count). The molecule has 126 valence electrons. The molecule has 0 fully saturated rings. The van der Waals surface area contributed by atoms with E-state index < -0.39 is 0 Å². The van der Waals surface area contributed by atoms with Crippen LogP contribution in [0.25, 0.3) is 11.0 Å². The summed E-state index contributed by atoms with van der Waals surface area (Å²) in [5.41, 5.74) is 1.74. The SMILES string of the molecule is CC(C)CCN(CCC(C)C)C(=O)Cn1nnc2ccccc21. The van der Waals surface area contributed by atoms with Crippen LogP contribution in [0.4, 0.5) is 0 Å². The van der Waals surface area contributed by atoms with Gasteiger partial charge in [0.2, 0.25) is 5.91 Å². The molecule has 0 N–H and O–H groups in total. The highest BCUT2D eigenvalue weighted by atomic mass is 16.2. The number of benzene rings is 1. The standard InChI is InChI=1S/C18H28N4O/c1-14(2)9-11-21(12-10-15(3)4)18(23)13-22-17-8-6-5-7-16(17)19-20-22/h5-8,14-15H,9-13H2,1-4H3. The van der Waals surface area contributed by atoms with Crippen LogP contribution in [0.1, 0.15) is 40.5 Å². The van der Waals surface area contributed by atoms with Gasteiger partial charge in [0, 0.05) is 13.1 Å². The summed E-state index contributed by atoms with van der Waals surface area (Å²) < 4.78 is 1.70. The zero-order valence-electron chi connectivity index (χ0n) is 14.7. The minimum Gasteiger partial charge on any atom is -0.341 e. The third-order valence-electron chi connectivity index (χ3n) is 4.01. The Morgan fingerprint density at radius 1 is 1.09 bits per heavy atom. The van der Waals surface area contributed by atoms with Crippen molar-refractivity contribution in [3.8, 4) is 0 Å². The van der Waals surface area contributed by atoms with Crippen LogP contribution in [0.3, 0.4) is 0 Å². The van der Waals surface area contributed by atoms with E-state index in [0.29, 0.717) is 11.8 Å². The van der Waals surface area contributed by atoms with Crippen LogP contribution in [-0.4, -0.2) is 38.9 Å². The van der Waals surface area contributed by atoms with Gasteiger partial charge >= 0.3 is 0 Å². The Hall–Kier alpha value is -1.91. The number of nitrogens with zero attached hydrogens (tertiary/aromatic N) is 4. The van der Waals surface area contributed by atoms with E-state index in [-0.39, 0.29) is 12.5 Å². The number of hydrogen-bond acceptors (Lipinski definition) is 3. The van der Waals surface area contributed by atoms with Crippen LogP contribution in [0, 0.1) is 11.8 Å². The van der Waals surface area contributed by atoms with Gasteiger partial charge in [-0.1, -0.05) is 45.0 Å². The molecule has 2 aromatic rings. The lowest BCUT2D eigenvalue weighted by molar-refractivity contribution is -0.132. The average Bonchev–Trinajstić information content (AvgIpc) is 2.90. The molecule has 1 heterocycles. The summed E-state index contributed by atoms with van der Waals surface area (Å²) in [4.78, 5) is 14.7. The lowest BCUT2D eigenvalue weighted by atomic mass is 10.1. The van der Waals surface area contributed by atoms with Crippen LogP contribution in [0.15, 0.2) is 24.3 Å². The van der Waals surface area contributed by atoms with E-state index in [2.05, 4.69) is 38.0 Å². The van der Waals surface area contributed by atoms with E-state index >= 15 is 0 Å². The second-order valence-corrected chi connectivity index (χ2v) is 6.98. The topological polar surface area (TPSA) is 51.0 Å². The van der Waals surface area contributed by atoms with Crippen molar-refractivity contribution in [1.29, 1.82) is 0 Å². The normalized spacial score (nSPS) is 11.6. The number of carbonyl (C=O) groups excluding carboxylic acids is 1. The molecule has 1 amide bonds. The molecular formula is C18H28N4O. The average molecular weight is 316 g/mol. The molecule has 0 aliphatic rings. The van der Waals surface area contributed by atoms with Crippen LogP contribution >= 0.6 is 0 Å². The summed E-state index contributed by atoms with van der Waals surface area (Å²) in [6, 6.07) is 7.75. The summed E-state index contributed by atoms with van der Waals surface area (Å²) in [7, 11) is 0. The largest absolute Gasteiger partial charge is 0.341 e. The molecule has 23 heavy (non-hydrogen) atoms. The van der Waals surface area contributed by atoms with Crippen LogP contribution in [0.2, 0.25) is 0 Å². The fourth-order valence-electron chi connectivity index (χ4n) is 2.45. The number of amides is 1. The molecule has 5 heteroatoms. The van der Waals surface area contributed by atoms with Crippen LogP contribution < -0.4 is 0 Å². The monoisotopic (exact) mass is 316 g/mol. The molecule has 0 aliphatic carbocycles. The van der Waals surface area contributed by atoms with E-state index in [1.54, 1.807) is 4.68 Å². The number of rotatable bonds is 8. The second kappa shape index (κ2) is 8.09. The predicted molar refractivity (Wildman–Crippen MR) is 93.0 cm³/mol. The third kappa shape index (κ3) is 5.05. The van der Waals surface area contributed by atoms with Gasteiger partial charge in [-0.3, -0.25) is 4.79 Å². The maximum absolute atomic E-state index is 12.7. The lowest BCUT2D eigenvalue weighted by Crippen LogP contribution is -2.36. The minimum absolute atomic E-state index is 0.127. The molecule has 0 saturated heterocycles. The molecule has 0 atom stereocenters. The number of carbonyl (C=O) groups is 1. The van der Waals surface area contributed by atoms with Gasteiger partial charge in [-0.15, -0.1) is 5.10 Å². The van der Waals surface area contributed by atoms with E-state index in [9.17, 15) is 4.79 Å². The molecule has 1 aromatic heterocycles. The maximum atomic E-state index is 12.7. The lowest BCUT2D eigenvalue weighted by Gasteiger charge is -2.24. The Balaban J connectivity index is 2.06. The zero-order valence-corrected chi connectivity index (χ0v) is 14.7. The van der Waals surface area contributed by atoms with E-state index in [0.717, 1.165) is 37.0 Å². The van der Waals surface area contributed by atoms with Gasteiger partial charge < -0.3 is 4.90 Å². The molecule has 0 aliphatic heterocycles. The molecular weight excluding hydrogens is 288 g/mol. The summed E-state index contributed by atoms with van der Waals surface area (Å²) in [5.74, 6) is 1.31. The first-order valence-electron chi connectivity index (χ1n) is 8.53. The zero-order chi connectivity index (χ0) is 16.8. The van der Waals surface area contributed by atoms with Crippen molar-refractivity contribution in [2.24, 2.45) is 11.8 Å². The maximum Gasteiger partial charge on any atom is 0.244 e. The van der Waals surface area contributed by atoms with E-state index in [1.807, 2.05) is 29.2 Å². The van der Waals surface area contributed by atoms with Crippen LogP contribution in [-0.2, 0) is 11.3 Å². The highest BCUT2D eigenvalue weighted by Gasteiger charge is 2.16. The van der Waals surface area contributed by atoms with Crippen molar-refractivity contribution in [1.82, 2.24) is 19.9 Å². The van der Waals surface area contributed by atoms with E-state index in [1.165, 1.54) is 0 Å². The highest BCUT2D eigenvalue weighted by molar-refractivity contribution is 5.79. The third-order valence-corrected chi connectivity index (χ3v) is 4.01. The first-order chi connectivity index (χ1) is 11.0. The van der Waals surface area contributed by atoms with Gasteiger partial charge in [-0.25, -0.2) is 4.68 Å². The van der Waals surface area contributed by atoms with Gasteiger partial charge in [0.25, 0.3) is 0 Å². The van der Waals surface area contributed by atoms with Crippen molar-refractivity contribution in [3.63, 3.8) is 0 Å². The summed E-state index contributed by atoms with van der Waals surface area (Å²) in [6.45, 7) is 10.7. The van der Waals surface area contributed by atoms with Crippen molar-refractivity contribution < 1.29 is 4.79 Å². The summed E-state index contributed by atoms with van der Waals surface area (Å²) >= 11 is 0. The predicted octanol–water partition coefficient (Wildman–Crippen LogP) is 3.35. The molecule has 1 aromatic carbocycles. The van der Waals surface area contributed by atoms with Gasteiger partial charge in [0.1, 0.15) is 12.1 Å². The number of hydrogen-bond donors (Lipinski definition) is 0. The number of aromatic nitrogens is 3. The Morgan fingerprint density at radius 3 is 2.30 bits per heavy atom. The Bertz CT molecular complexity index is 621. The van der Waals surface area contributed by atoms with Gasteiger partial charge in [0.05, 0.1) is 5.52 Å². The van der Waals surface area contributed by atoms with Gasteiger partial charge in [-0.05, 0) is 36.8 Å². The first-order valence-corrected chi connectivity index (χ1v) is 8.53. The van der Waals surface area contributed by atoms with Crippen molar-refractivity contribution in [3.05, 3.63) is 24.3 Å². The molecule has 0 saturated carbocycles. The Labute approximate surface area is 138 Å². The van der Waals surface area contributed by atoms with Crippen molar-refractivity contribution in [2.75, 3.05) is 13.1 Å². The fraction of sp³-hybridized carbons (Fsp3) is 0.611. The Kier molecular flexibility index (Phi) is 6.13. The minimum atomic E-state index is 0.127. The summed E-state index contributed by atoms with van der Waals surface area (Å²) in [5, 5.41) is 8.25. The van der Waals surface area contributed by atoms with Gasteiger partial charge in [-0.2, -0.15) is 0 Å². The molecule has 5 nitrogen and oxygen atoms in total.